The topological polar surface area (TPSA) is 106 Å². The third-order valence-electron chi connectivity index (χ3n) is 5.93. The summed E-state index contributed by atoms with van der Waals surface area (Å²) in [5.74, 6) is -0.625. The number of oxazole rings is 1. The third kappa shape index (κ3) is 5.41. The van der Waals surface area contributed by atoms with Gasteiger partial charge in [-0.1, -0.05) is 18.2 Å². The van der Waals surface area contributed by atoms with Gasteiger partial charge in [0.1, 0.15) is 17.7 Å². The number of nitrogens with one attached hydrogen (secondary N) is 1. The summed E-state index contributed by atoms with van der Waals surface area (Å²) < 4.78 is 22.1. The Labute approximate surface area is 212 Å². The Kier molecular flexibility index (Phi) is 6.31. The number of rotatable bonds is 7. The third-order valence-corrected chi connectivity index (χ3v) is 5.93. The summed E-state index contributed by atoms with van der Waals surface area (Å²) >= 11 is 0. The van der Waals surface area contributed by atoms with Gasteiger partial charge in [0, 0.05) is 41.0 Å². The van der Waals surface area contributed by atoms with E-state index in [0.29, 0.717) is 46.8 Å². The Balaban J connectivity index is 1.50. The molecule has 1 aromatic carbocycles. The van der Waals surface area contributed by atoms with Gasteiger partial charge in [-0.25, -0.2) is 14.4 Å². The SMILES string of the molecule is Cc1cc(-c2nc(C(=O)Nc3cn4cc(CCC(C)(C)O)nc4cc3-c3ccccc3F)co2)ccn1. The molecule has 188 valence electrons. The van der Waals surface area contributed by atoms with Crippen LogP contribution in [0.15, 0.2) is 71.7 Å². The number of benzene rings is 1. The molecular weight excluding hydrogens is 473 g/mol. The van der Waals surface area contributed by atoms with Crippen molar-refractivity contribution in [3.63, 3.8) is 0 Å². The highest BCUT2D eigenvalue weighted by molar-refractivity contribution is 6.05. The largest absolute Gasteiger partial charge is 0.444 e. The quantitative estimate of drug-likeness (QED) is 0.308. The molecule has 0 fully saturated rings. The van der Waals surface area contributed by atoms with E-state index in [1.54, 1.807) is 61.0 Å². The number of aryl methyl sites for hydroxylation is 2. The first-order chi connectivity index (χ1) is 17.7. The second-order valence-electron chi connectivity index (χ2n) is 9.57. The first kappa shape index (κ1) is 24.3. The van der Waals surface area contributed by atoms with Crippen LogP contribution in [0, 0.1) is 12.7 Å². The number of anilines is 1. The number of nitrogens with zero attached hydrogens (tertiary/aromatic N) is 4. The maximum Gasteiger partial charge on any atom is 0.277 e. The fourth-order valence-electron chi connectivity index (χ4n) is 4.02. The molecule has 2 N–H and O–H groups in total. The van der Waals surface area contributed by atoms with E-state index in [-0.39, 0.29) is 5.69 Å². The molecule has 1 amide bonds. The molecule has 0 saturated carbocycles. The van der Waals surface area contributed by atoms with Gasteiger partial charge in [-0.05, 0) is 57.9 Å². The number of fused-ring (bicyclic) bond motifs is 1. The Hall–Kier alpha value is -4.37. The molecule has 5 aromatic rings. The lowest BCUT2D eigenvalue weighted by Gasteiger charge is -2.15. The molecule has 4 aromatic heterocycles. The number of hydrogen-bond acceptors (Lipinski definition) is 6. The highest BCUT2D eigenvalue weighted by atomic mass is 19.1. The summed E-state index contributed by atoms with van der Waals surface area (Å²) in [7, 11) is 0. The van der Waals surface area contributed by atoms with Gasteiger partial charge in [-0.2, -0.15) is 0 Å². The molecule has 0 spiro atoms. The normalized spacial score (nSPS) is 11.7. The van der Waals surface area contributed by atoms with E-state index in [4.69, 9.17) is 4.42 Å². The van der Waals surface area contributed by atoms with Gasteiger partial charge >= 0.3 is 0 Å². The van der Waals surface area contributed by atoms with E-state index >= 15 is 0 Å². The summed E-state index contributed by atoms with van der Waals surface area (Å²) in [6.07, 6.45) is 7.56. The van der Waals surface area contributed by atoms with Crippen molar-refractivity contribution >= 4 is 17.2 Å². The summed E-state index contributed by atoms with van der Waals surface area (Å²) in [4.78, 5) is 26.3. The molecule has 0 atom stereocenters. The number of hydrogen-bond donors (Lipinski definition) is 2. The summed E-state index contributed by atoms with van der Waals surface area (Å²) in [5, 5.41) is 12.9. The van der Waals surface area contributed by atoms with Gasteiger partial charge in [0.15, 0.2) is 5.69 Å². The monoisotopic (exact) mass is 499 g/mol. The van der Waals surface area contributed by atoms with Crippen LogP contribution in [0.4, 0.5) is 10.1 Å². The van der Waals surface area contributed by atoms with E-state index in [1.807, 2.05) is 19.2 Å². The van der Waals surface area contributed by atoms with Gasteiger partial charge in [-0.15, -0.1) is 0 Å². The molecule has 0 aliphatic heterocycles. The molecule has 0 radical (unpaired) electrons. The minimum Gasteiger partial charge on any atom is -0.444 e. The minimum absolute atomic E-state index is 0.0838. The second kappa shape index (κ2) is 9.59. The maximum absolute atomic E-state index is 14.8. The van der Waals surface area contributed by atoms with Crippen LogP contribution in [0.1, 0.15) is 42.1 Å². The van der Waals surface area contributed by atoms with E-state index in [0.717, 1.165) is 11.4 Å². The van der Waals surface area contributed by atoms with E-state index in [1.165, 1.54) is 12.3 Å². The Morgan fingerprint density at radius 1 is 1.14 bits per heavy atom. The molecule has 0 aliphatic carbocycles. The first-order valence-electron chi connectivity index (χ1n) is 11.8. The first-order valence-corrected chi connectivity index (χ1v) is 11.8. The average molecular weight is 500 g/mol. The number of pyridine rings is 2. The van der Waals surface area contributed by atoms with Gasteiger partial charge < -0.3 is 19.2 Å². The van der Waals surface area contributed by atoms with Crippen molar-refractivity contribution < 1.29 is 18.7 Å². The van der Waals surface area contributed by atoms with Crippen LogP contribution in [-0.4, -0.2) is 36.0 Å². The van der Waals surface area contributed by atoms with Gasteiger partial charge in [-0.3, -0.25) is 9.78 Å². The van der Waals surface area contributed by atoms with Crippen molar-refractivity contribution in [3.05, 3.63) is 90.2 Å². The minimum atomic E-state index is -0.821. The van der Waals surface area contributed by atoms with Crippen molar-refractivity contribution in [2.75, 3.05) is 5.32 Å². The van der Waals surface area contributed by atoms with Crippen LogP contribution in [0.2, 0.25) is 0 Å². The van der Waals surface area contributed by atoms with Crippen LogP contribution in [0.5, 0.6) is 0 Å². The Bertz CT molecular complexity index is 1600. The number of imidazole rings is 1. The van der Waals surface area contributed by atoms with Crippen LogP contribution in [0.25, 0.3) is 28.2 Å². The molecular formula is C28H26FN5O3. The van der Waals surface area contributed by atoms with Crippen LogP contribution < -0.4 is 5.32 Å². The van der Waals surface area contributed by atoms with E-state index < -0.39 is 17.3 Å². The van der Waals surface area contributed by atoms with Crippen molar-refractivity contribution in [2.45, 2.75) is 39.2 Å². The highest BCUT2D eigenvalue weighted by Crippen LogP contribution is 2.32. The van der Waals surface area contributed by atoms with Crippen LogP contribution in [0.3, 0.4) is 0 Å². The molecule has 37 heavy (non-hydrogen) atoms. The zero-order valence-corrected chi connectivity index (χ0v) is 20.7. The summed E-state index contributed by atoms with van der Waals surface area (Å²) in [6, 6.07) is 11.6. The van der Waals surface area contributed by atoms with Crippen molar-refractivity contribution in [1.29, 1.82) is 0 Å². The maximum atomic E-state index is 14.8. The predicted molar refractivity (Wildman–Crippen MR) is 138 cm³/mol. The highest BCUT2D eigenvalue weighted by Gasteiger charge is 2.19. The molecule has 0 bridgehead atoms. The number of aromatic nitrogens is 4. The summed E-state index contributed by atoms with van der Waals surface area (Å²) in [6.45, 7) is 5.35. The lowest BCUT2D eigenvalue weighted by molar-refractivity contribution is 0.0711. The van der Waals surface area contributed by atoms with E-state index in [9.17, 15) is 14.3 Å². The fourth-order valence-corrected chi connectivity index (χ4v) is 4.02. The zero-order chi connectivity index (χ0) is 26.2. The number of carbonyl (C=O) groups is 1. The molecule has 4 heterocycles. The molecule has 0 saturated heterocycles. The fraction of sp³-hybridized carbons (Fsp3) is 0.214. The number of carbonyl (C=O) groups excluding carboxylic acids is 1. The number of amides is 1. The van der Waals surface area contributed by atoms with Gasteiger partial charge in [0.2, 0.25) is 5.89 Å². The zero-order valence-electron chi connectivity index (χ0n) is 20.7. The lowest BCUT2D eigenvalue weighted by Crippen LogP contribution is -2.19. The second-order valence-corrected chi connectivity index (χ2v) is 9.57. The van der Waals surface area contributed by atoms with Gasteiger partial charge in [0.25, 0.3) is 5.91 Å². The van der Waals surface area contributed by atoms with Crippen molar-refractivity contribution in [2.24, 2.45) is 0 Å². The van der Waals surface area contributed by atoms with Crippen molar-refractivity contribution in [3.8, 4) is 22.6 Å². The Morgan fingerprint density at radius 3 is 2.70 bits per heavy atom. The van der Waals surface area contributed by atoms with Crippen LogP contribution >= 0.6 is 0 Å². The number of aliphatic hydroxyl groups is 1. The average Bonchev–Trinajstić information content (AvgIpc) is 3.49. The molecule has 0 aliphatic rings. The van der Waals surface area contributed by atoms with E-state index in [2.05, 4.69) is 20.3 Å². The van der Waals surface area contributed by atoms with Gasteiger partial charge in [0.05, 0.1) is 17.0 Å². The molecule has 0 unspecified atom stereocenters. The number of halogens is 1. The molecule has 8 nitrogen and oxygen atoms in total. The van der Waals surface area contributed by atoms with Crippen molar-refractivity contribution in [1.82, 2.24) is 19.4 Å². The Morgan fingerprint density at radius 2 is 1.95 bits per heavy atom. The lowest BCUT2D eigenvalue weighted by atomic mass is 10.0. The molecule has 5 rings (SSSR count). The standard InChI is InChI=1S/C28H26FN5O3/c1-17-12-18(9-11-30-17)27-33-24(16-37-27)26(35)32-23-15-34-14-19(8-10-28(2,3)36)31-25(34)13-21(23)20-6-4-5-7-22(20)29/h4-7,9,11-16,36H,8,10H2,1-3H3,(H,32,35). The smallest absolute Gasteiger partial charge is 0.277 e. The molecule has 9 heteroatoms. The summed E-state index contributed by atoms with van der Waals surface area (Å²) in [5.41, 5.74) is 3.33. The predicted octanol–water partition coefficient (Wildman–Crippen LogP) is 5.45. The van der Waals surface area contributed by atoms with Crippen LogP contribution in [-0.2, 0) is 6.42 Å².